The van der Waals surface area contributed by atoms with Crippen molar-refractivity contribution in [2.75, 3.05) is 13.1 Å². The lowest BCUT2D eigenvalue weighted by Gasteiger charge is -2.41. The first-order valence-electron chi connectivity index (χ1n) is 6.11. The van der Waals surface area contributed by atoms with Gasteiger partial charge in [0.25, 0.3) is 5.91 Å². The summed E-state index contributed by atoms with van der Waals surface area (Å²) in [6.07, 6.45) is 0.0825. The Morgan fingerprint density at radius 2 is 2.11 bits per heavy atom. The zero-order chi connectivity index (χ0) is 13.3. The Morgan fingerprint density at radius 3 is 2.72 bits per heavy atom. The van der Waals surface area contributed by atoms with Crippen LogP contribution in [0.15, 0.2) is 24.3 Å². The van der Waals surface area contributed by atoms with Gasteiger partial charge in [0, 0.05) is 16.7 Å². The van der Waals surface area contributed by atoms with Crippen molar-refractivity contribution in [3.05, 3.63) is 33.4 Å². The minimum atomic E-state index is -0.270. The number of benzene rings is 1. The summed E-state index contributed by atoms with van der Waals surface area (Å²) >= 11 is 2.21. The van der Waals surface area contributed by atoms with Gasteiger partial charge in [-0.3, -0.25) is 4.79 Å². The number of hydrogen-bond donors (Lipinski definition) is 0. The van der Waals surface area contributed by atoms with Gasteiger partial charge < -0.3 is 9.64 Å². The van der Waals surface area contributed by atoms with E-state index in [2.05, 4.69) is 22.6 Å². The van der Waals surface area contributed by atoms with E-state index in [-0.39, 0.29) is 17.6 Å². The van der Waals surface area contributed by atoms with Gasteiger partial charge in [-0.2, -0.15) is 0 Å². The van der Waals surface area contributed by atoms with Crippen LogP contribution in [0.3, 0.4) is 0 Å². The first-order valence-corrected chi connectivity index (χ1v) is 7.18. The van der Waals surface area contributed by atoms with Gasteiger partial charge >= 0.3 is 0 Å². The molecule has 2 rings (SSSR count). The standard InChI is InChI=1S/C14H18INO2/c1-10-8-16(9-14(2,3)18-10)13(17)11-6-4-5-7-12(11)15/h4-7,10H,8-9H2,1-3H3. The minimum Gasteiger partial charge on any atom is -0.369 e. The quantitative estimate of drug-likeness (QED) is 0.722. The second-order valence-corrected chi connectivity index (χ2v) is 6.52. The fraction of sp³-hybridized carbons (Fsp3) is 0.500. The number of rotatable bonds is 1. The van der Waals surface area contributed by atoms with Gasteiger partial charge in [0.15, 0.2) is 0 Å². The highest BCUT2D eigenvalue weighted by molar-refractivity contribution is 14.1. The van der Waals surface area contributed by atoms with Crippen LogP contribution in [-0.2, 0) is 4.74 Å². The van der Waals surface area contributed by atoms with E-state index < -0.39 is 0 Å². The van der Waals surface area contributed by atoms with Crippen molar-refractivity contribution in [3.8, 4) is 0 Å². The molecule has 1 saturated heterocycles. The lowest BCUT2D eigenvalue weighted by molar-refractivity contribution is -0.118. The van der Waals surface area contributed by atoms with Crippen LogP contribution in [0.5, 0.6) is 0 Å². The third kappa shape index (κ3) is 3.03. The molecule has 0 radical (unpaired) electrons. The predicted octanol–water partition coefficient (Wildman–Crippen LogP) is 2.93. The first-order chi connectivity index (χ1) is 8.39. The Hall–Kier alpha value is -0.620. The second kappa shape index (κ2) is 5.17. The Balaban J connectivity index is 2.22. The molecular formula is C14H18INO2. The van der Waals surface area contributed by atoms with Crippen molar-refractivity contribution in [2.45, 2.75) is 32.5 Å². The Morgan fingerprint density at radius 1 is 1.44 bits per heavy atom. The van der Waals surface area contributed by atoms with Gasteiger partial charge in [-0.25, -0.2) is 0 Å². The summed E-state index contributed by atoms with van der Waals surface area (Å²) in [5.74, 6) is 0.100. The average molecular weight is 359 g/mol. The van der Waals surface area contributed by atoms with Gasteiger partial charge in [-0.15, -0.1) is 0 Å². The molecule has 0 spiro atoms. The van der Waals surface area contributed by atoms with Gasteiger partial charge in [0.05, 0.1) is 17.3 Å². The van der Waals surface area contributed by atoms with Crippen molar-refractivity contribution in [2.24, 2.45) is 0 Å². The van der Waals surface area contributed by atoms with Crippen molar-refractivity contribution in [1.29, 1.82) is 0 Å². The van der Waals surface area contributed by atoms with E-state index >= 15 is 0 Å². The molecule has 3 nitrogen and oxygen atoms in total. The molecule has 1 aromatic carbocycles. The molecule has 0 aliphatic carbocycles. The minimum absolute atomic E-state index is 0.0825. The van der Waals surface area contributed by atoms with E-state index in [4.69, 9.17) is 4.74 Å². The lowest BCUT2D eigenvalue weighted by atomic mass is 10.0. The highest BCUT2D eigenvalue weighted by Crippen LogP contribution is 2.23. The molecule has 1 aliphatic heterocycles. The summed E-state index contributed by atoms with van der Waals surface area (Å²) in [7, 11) is 0. The molecule has 98 valence electrons. The van der Waals surface area contributed by atoms with Crippen LogP contribution in [0, 0.1) is 3.57 Å². The second-order valence-electron chi connectivity index (χ2n) is 5.35. The van der Waals surface area contributed by atoms with Gasteiger partial charge in [-0.1, -0.05) is 12.1 Å². The summed E-state index contributed by atoms with van der Waals surface area (Å²) in [6, 6.07) is 7.70. The molecule has 0 aromatic heterocycles. The zero-order valence-corrected chi connectivity index (χ0v) is 13.1. The summed E-state index contributed by atoms with van der Waals surface area (Å²) < 4.78 is 6.82. The van der Waals surface area contributed by atoms with E-state index in [1.807, 2.05) is 49.9 Å². The molecule has 1 fully saturated rings. The van der Waals surface area contributed by atoms with E-state index in [1.54, 1.807) is 0 Å². The molecule has 1 unspecified atom stereocenters. The number of amides is 1. The van der Waals surface area contributed by atoms with Gasteiger partial charge in [-0.05, 0) is 55.5 Å². The van der Waals surface area contributed by atoms with E-state index in [9.17, 15) is 4.79 Å². The fourth-order valence-corrected chi connectivity index (χ4v) is 3.03. The zero-order valence-electron chi connectivity index (χ0n) is 10.9. The number of halogens is 1. The van der Waals surface area contributed by atoms with E-state index in [1.165, 1.54) is 0 Å². The summed E-state index contributed by atoms with van der Waals surface area (Å²) in [4.78, 5) is 14.4. The first kappa shape index (κ1) is 13.8. The monoisotopic (exact) mass is 359 g/mol. The van der Waals surface area contributed by atoms with Crippen LogP contribution in [0.25, 0.3) is 0 Å². The largest absolute Gasteiger partial charge is 0.369 e. The van der Waals surface area contributed by atoms with Crippen molar-refractivity contribution < 1.29 is 9.53 Å². The molecule has 18 heavy (non-hydrogen) atoms. The maximum absolute atomic E-state index is 12.5. The average Bonchev–Trinajstić information content (AvgIpc) is 2.26. The van der Waals surface area contributed by atoms with Crippen molar-refractivity contribution >= 4 is 28.5 Å². The highest BCUT2D eigenvalue weighted by atomic mass is 127. The number of hydrogen-bond acceptors (Lipinski definition) is 2. The lowest BCUT2D eigenvalue weighted by Crippen LogP contribution is -2.53. The predicted molar refractivity (Wildman–Crippen MR) is 79.7 cm³/mol. The topological polar surface area (TPSA) is 29.5 Å². The number of carbonyl (C=O) groups excluding carboxylic acids is 1. The maximum Gasteiger partial charge on any atom is 0.255 e. The number of ether oxygens (including phenoxy) is 1. The van der Waals surface area contributed by atoms with Crippen molar-refractivity contribution in [3.63, 3.8) is 0 Å². The van der Waals surface area contributed by atoms with Crippen molar-refractivity contribution in [1.82, 2.24) is 4.90 Å². The smallest absolute Gasteiger partial charge is 0.255 e. The number of carbonyl (C=O) groups is 1. The summed E-state index contributed by atoms with van der Waals surface area (Å²) in [5, 5.41) is 0. The SMILES string of the molecule is CC1CN(C(=O)c2ccccc2I)CC(C)(C)O1. The molecule has 0 saturated carbocycles. The van der Waals surface area contributed by atoms with E-state index in [0.29, 0.717) is 13.1 Å². The highest BCUT2D eigenvalue weighted by Gasteiger charge is 2.34. The Kier molecular flexibility index (Phi) is 3.96. The third-order valence-electron chi connectivity index (χ3n) is 2.96. The molecule has 0 N–H and O–H groups in total. The summed E-state index contributed by atoms with van der Waals surface area (Å²) in [6.45, 7) is 7.36. The van der Waals surface area contributed by atoms with Gasteiger partial charge in [0.1, 0.15) is 0 Å². The molecule has 1 aromatic rings. The van der Waals surface area contributed by atoms with Crippen LogP contribution in [-0.4, -0.2) is 35.6 Å². The van der Waals surface area contributed by atoms with Crippen LogP contribution in [0.4, 0.5) is 0 Å². The van der Waals surface area contributed by atoms with Crippen LogP contribution in [0.1, 0.15) is 31.1 Å². The van der Waals surface area contributed by atoms with Crippen LogP contribution >= 0.6 is 22.6 Å². The molecule has 1 aliphatic rings. The van der Waals surface area contributed by atoms with Crippen LogP contribution in [0.2, 0.25) is 0 Å². The normalized spacial score (nSPS) is 22.9. The summed E-state index contributed by atoms with van der Waals surface area (Å²) in [5.41, 5.74) is 0.510. The molecule has 1 amide bonds. The maximum atomic E-state index is 12.5. The third-order valence-corrected chi connectivity index (χ3v) is 3.90. The number of morpholine rings is 1. The molecular weight excluding hydrogens is 341 g/mol. The molecule has 4 heteroatoms. The molecule has 1 heterocycles. The molecule has 0 bridgehead atoms. The molecule has 1 atom stereocenters. The Bertz CT molecular complexity index is 459. The number of nitrogens with zero attached hydrogens (tertiary/aromatic N) is 1. The van der Waals surface area contributed by atoms with Gasteiger partial charge in [0.2, 0.25) is 0 Å². The van der Waals surface area contributed by atoms with E-state index in [0.717, 1.165) is 9.13 Å². The van der Waals surface area contributed by atoms with Crippen LogP contribution < -0.4 is 0 Å². The fourth-order valence-electron chi connectivity index (χ4n) is 2.41. The Labute approximate surface area is 122 Å².